The molecule has 1 aliphatic rings. The van der Waals surface area contributed by atoms with Crippen LogP contribution in [0.2, 0.25) is 0 Å². The molecule has 1 rings (SSSR count). The van der Waals surface area contributed by atoms with Gasteiger partial charge < -0.3 is 39.0 Å². The third-order valence-corrected chi connectivity index (χ3v) is 14.7. The van der Waals surface area contributed by atoms with Crippen LogP contribution in [0.1, 0.15) is 303 Å². The predicted molar refractivity (Wildman–Crippen MR) is 313 cm³/mol. The Morgan fingerprint density at radius 2 is 0.818 bits per heavy atom. The second-order valence-corrected chi connectivity index (χ2v) is 22.0. The van der Waals surface area contributed by atoms with Crippen molar-refractivity contribution in [3.8, 4) is 0 Å². The van der Waals surface area contributed by atoms with Crippen molar-refractivity contribution in [2.75, 3.05) is 13.2 Å². The van der Waals surface area contributed by atoms with Crippen LogP contribution in [0.3, 0.4) is 0 Å². The first kappa shape index (κ1) is 72.0. The summed E-state index contributed by atoms with van der Waals surface area (Å²) in [7, 11) is 0. The summed E-state index contributed by atoms with van der Waals surface area (Å²) in [5.74, 6) is -3.11. The molecule has 1 fully saturated rings. The maximum atomic E-state index is 13.2. The van der Waals surface area contributed by atoms with Gasteiger partial charge in [-0.3, -0.25) is 14.4 Å². The van der Waals surface area contributed by atoms with Gasteiger partial charge in [-0.2, -0.15) is 0 Å². The van der Waals surface area contributed by atoms with Crippen LogP contribution in [-0.4, -0.2) is 89.2 Å². The number of carboxylic acids is 1. The van der Waals surface area contributed by atoms with Gasteiger partial charge in [0.05, 0.1) is 6.61 Å². The van der Waals surface area contributed by atoms with E-state index in [9.17, 15) is 34.5 Å². The van der Waals surface area contributed by atoms with Gasteiger partial charge in [-0.25, -0.2) is 4.79 Å². The van der Waals surface area contributed by atoms with Crippen LogP contribution >= 0.6 is 0 Å². The van der Waals surface area contributed by atoms with Gasteiger partial charge in [-0.1, -0.05) is 269 Å². The molecule has 0 aromatic rings. The number of carboxylic acid groups (broad SMARTS) is 1. The topological polar surface area (TPSA) is 175 Å². The van der Waals surface area contributed by atoms with Gasteiger partial charge in [0, 0.05) is 19.3 Å². The molecule has 12 heteroatoms. The summed E-state index contributed by atoms with van der Waals surface area (Å²) >= 11 is 0. The lowest BCUT2D eigenvalue weighted by Gasteiger charge is -2.40. The van der Waals surface area contributed by atoms with Crippen molar-refractivity contribution < 1.29 is 58.2 Å². The van der Waals surface area contributed by atoms with Gasteiger partial charge in [-0.15, -0.1) is 0 Å². The Kier molecular flexibility index (Phi) is 50.1. The van der Waals surface area contributed by atoms with E-state index >= 15 is 0 Å². The maximum Gasteiger partial charge on any atom is 0.335 e. The zero-order valence-corrected chi connectivity index (χ0v) is 49.5. The number of carbonyl (C=O) groups is 4. The number of ether oxygens (including phenoxy) is 5. The SMILES string of the molecule is CC/C=C\C/C=C\C/C=C\CCCCCCCC(=O)OC1C(OCC(COC(=O)CCCCCCCCCCCCCCCCCCCCC)OC(=O)CCCCCCCCCCCCCCC)OC(C(=O)O)C(O)C1O. The molecular formula is C65H116O12. The second-order valence-electron chi connectivity index (χ2n) is 22.0. The molecule has 0 aromatic heterocycles. The van der Waals surface area contributed by atoms with Crippen LogP contribution in [0.5, 0.6) is 0 Å². The van der Waals surface area contributed by atoms with Gasteiger partial charge in [0.25, 0.3) is 0 Å². The molecule has 77 heavy (non-hydrogen) atoms. The first-order chi connectivity index (χ1) is 37.6. The number of carbonyl (C=O) groups excluding carboxylic acids is 3. The Labute approximate surface area is 470 Å². The molecule has 448 valence electrons. The Balaban J connectivity index is 2.63. The lowest BCUT2D eigenvalue weighted by atomic mass is 9.98. The molecule has 0 saturated carbocycles. The number of rotatable bonds is 55. The molecule has 12 nitrogen and oxygen atoms in total. The number of hydrogen-bond donors (Lipinski definition) is 3. The van der Waals surface area contributed by atoms with Crippen molar-refractivity contribution in [1.82, 2.24) is 0 Å². The summed E-state index contributed by atoms with van der Waals surface area (Å²) in [6, 6.07) is 0. The van der Waals surface area contributed by atoms with Crippen molar-refractivity contribution in [2.45, 2.75) is 340 Å². The fourth-order valence-electron chi connectivity index (χ4n) is 9.86. The third kappa shape index (κ3) is 43.4. The summed E-state index contributed by atoms with van der Waals surface area (Å²) in [5, 5.41) is 31.5. The highest BCUT2D eigenvalue weighted by atomic mass is 16.7. The van der Waals surface area contributed by atoms with E-state index in [0.717, 1.165) is 89.9 Å². The zero-order chi connectivity index (χ0) is 56.1. The standard InChI is InChI=1S/C65H116O12/c1-4-7-10-13-16-19-22-25-27-28-29-30-32-34-36-39-42-45-48-51-57(66)73-54-56(75-58(67)52-49-46-43-40-37-33-24-21-18-15-12-9-6-3)55-74-65-63(61(70)60(69)62(77-65)64(71)72)76-59(68)53-50-47-44-41-38-35-31-26-23-20-17-14-11-8-5-2/h8,11,17,20,26,31,56,60-63,65,69-70H,4-7,9-10,12-16,18-19,21-25,27-30,32-55H2,1-3H3,(H,71,72)/b11-8-,20-17-,31-26-. The monoisotopic (exact) mass is 1090 g/mol. The second kappa shape index (κ2) is 53.6. The maximum absolute atomic E-state index is 13.2. The largest absolute Gasteiger partial charge is 0.479 e. The van der Waals surface area contributed by atoms with E-state index in [1.165, 1.54) is 154 Å². The summed E-state index contributed by atoms with van der Waals surface area (Å²) < 4.78 is 28.5. The Hall–Kier alpha value is -3.06. The fourth-order valence-corrected chi connectivity index (χ4v) is 9.86. The fraction of sp³-hybridized carbons (Fsp3) is 0.846. The number of aliphatic hydroxyl groups is 2. The molecule has 0 aromatic carbocycles. The van der Waals surface area contributed by atoms with Gasteiger partial charge in [0.15, 0.2) is 24.6 Å². The highest BCUT2D eigenvalue weighted by molar-refractivity contribution is 5.74. The summed E-state index contributed by atoms with van der Waals surface area (Å²) in [6.07, 6.45) is 51.1. The number of hydrogen-bond acceptors (Lipinski definition) is 11. The lowest BCUT2D eigenvalue weighted by Crippen LogP contribution is -2.61. The number of aliphatic carboxylic acids is 1. The van der Waals surface area contributed by atoms with Crippen molar-refractivity contribution in [3.05, 3.63) is 36.5 Å². The van der Waals surface area contributed by atoms with E-state index in [1.807, 2.05) is 0 Å². The Bertz CT molecular complexity index is 1480. The molecule has 0 radical (unpaired) electrons. The van der Waals surface area contributed by atoms with Crippen molar-refractivity contribution in [2.24, 2.45) is 0 Å². The number of allylic oxidation sites excluding steroid dienone is 6. The number of aliphatic hydroxyl groups excluding tert-OH is 2. The molecule has 0 spiro atoms. The molecule has 6 atom stereocenters. The zero-order valence-electron chi connectivity index (χ0n) is 49.5. The van der Waals surface area contributed by atoms with Crippen molar-refractivity contribution >= 4 is 23.9 Å². The lowest BCUT2D eigenvalue weighted by molar-refractivity contribution is -0.301. The third-order valence-electron chi connectivity index (χ3n) is 14.7. The van der Waals surface area contributed by atoms with Gasteiger partial charge >= 0.3 is 23.9 Å². The molecule has 1 heterocycles. The first-order valence-corrected chi connectivity index (χ1v) is 32.0. The first-order valence-electron chi connectivity index (χ1n) is 32.0. The van der Waals surface area contributed by atoms with E-state index in [1.54, 1.807) is 0 Å². The number of unbranched alkanes of at least 4 members (excludes halogenated alkanes) is 35. The van der Waals surface area contributed by atoms with Crippen LogP contribution in [0.15, 0.2) is 36.5 Å². The van der Waals surface area contributed by atoms with Crippen LogP contribution in [-0.2, 0) is 42.9 Å². The van der Waals surface area contributed by atoms with E-state index in [0.29, 0.717) is 19.3 Å². The molecule has 0 bridgehead atoms. The molecule has 6 unspecified atom stereocenters. The van der Waals surface area contributed by atoms with Crippen molar-refractivity contribution in [1.29, 1.82) is 0 Å². The smallest absolute Gasteiger partial charge is 0.335 e. The molecule has 0 aliphatic carbocycles. The van der Waals surface area contributed by atoms with Gasteiger partial charge in [0.1, 0.15) is 18.8 Å². The van der Waals surface area contributed by atoms with Crippen LogP contribution in [0, 0.1) is 0 Å². The number of esters is 3. The van der Waals surface area contributed by atoms with Crippen LogP contribution in [0.4, 0.5) is 0 Å². The van der Waals surface area contributed by atoms with Crippen LogP contribution < -0.4 is 0 Å². The van der Waals surface area contributed by atoms with Gasteiger partial charge in [-0.05, 0) is 51.4 Å². The molecule has 1 aliphatic heterocycles. The summed E-state index contributed by atoms with van der Waals surface area (Å²) in [5.41, 5.74) is 0. The minimum atomic E-state index is -1.91. The molecule has 0 amide bonds. The summed E-state index contributed by atoms with van der Waals surface area (Å²) in [6.45, 7) is 5.92. The Morgan fingerprint density at radius 1 is 0.442 bits per heavy atom. The Morgan fingerprint density at radius 3 is 1.25 bits per heavy atom. The highest BCUT2D eigenvalue weighted by Gasteiger charge is 2.50. The molecular weight excluding hydrogens is 973 g/mol. The van der Waals surface area contributed by atoms with Crippen LogP contribution in [0.25, 0.3) is 0 Å². The van der Waals surface area contributed by atoms with E-state index in [-0.39, 0.29) is 25.9 Å². The van der Waals surface area contributed by atoms with Crippen molar-refractivity contribution in [3.63, 3.8) is 0 Å². The quantitative estimate of drug-likeness (QED) is 0.0228. The molecule has 1 saturated heterocycles. The predicted octanol–water partition coefficient (Wildman–Crippen LogP) is 16.8. The summed E-state index contributed by atoms with van der Waals surface area (Å²) in [4.78, 5) is 51.2. The van der Waals surface area contributed by atoms with E-state index < -0.39 is 67.3 Å². The van der Waals surface area contributed by atoms with E-state index in [4.69, 9.17) is 23.7 Å². The average Bonchev–Trinajstić information content (AvgIpc) is 3.42. The van der Waals surface area contributed by atoms with E-state index in [2.05, 4.69) is 57.2 Å². The highest BCUT2D eigenvalue weighted by Crippen LogP contribution is 2.27. The minimum Gasteiger partial charge on any atom is -0.479 e. The molecule has 3 N–H and O–H groups in total. The average molecular weight is 1090 g/mol. The van der Waals surface area contributed by atoms with Gasteiger partial charge in [0.2, 0.25) is 0 Å². The minimum absolute atomic E-state index is 0.0446. The normalized spacial score (nSPS) is 18.2.